The number of nitrogens with one attached hydrogen (secondary N) is 2. The van der Waals surface area contributed by atoms with E-state index in [1.165, 1.54) is 23.1 Å². The van der Waals surface area contributed by atoms with Gasteiger partial charge in [0.1, 0.15) is 5.69 Å². The van der Waals surface area contributed by atoms with E-state index < -0.39 is 36.7 Å². The smallest absolute Gasteiger partial charge is 0.273 e. The summed E-state index contributed by atoms with van der Waals surface area (Å²) >= 11 is 0. The highest BCUT2D eigenvalue weighted by Crippen LogP contribution is 2.33. The summed E-state index contributed by atoms with van der Waals surface area (Å²) in [6, 6.07) is 10.0. The zero-order valence-corrected chi connectivity index (χ0v) is 15.8. The number of aromatic amines is 1. The van der Waals surface area contributed by atoms with Crippen molar-refractivity contribution in [3.63, 3.8) is 0 Å². The number of hydrogen-bond acceptors (Lipinski definition) is 5. The molecule has 0 radical (unpaired) electrons. The Hall–Kier alpha value is -3.63. The number of alkyl halides is 2. The summed E-state index contributed by atoms with van der Waals surface area (Å²) in [5.41, 5.74) is 1.14. The highest BCUT2D eigenvalue weighted by atomic mass is 19.3. The minimum absolute atomic E-state index is 0.00552. The van der Waals surface area contributed by atoms with Crippen LogP contribution in [0, 0.1) is 0 Å². The van der Waals surface area contributed by atoms with Crippen molar-refractivity contribution in [1.82, 2.24) is 35.4 Å². The molecular weight excluding hydrogens is 396 g/mol. The summed E-state index contributed by atoms with van der Waals surface area (Å²) in [5, 5.41) is 16.6. The van der Waals surface area contributed by atoms with Gasteiger partial charge in [0.2, 0.25) is 0 Å². The van der Waals surface area contributed by atoms with Crippen molar-refractivity contribution < 1.29 is 18.4 Å². The molecule has 0 unspecified atom stereocenters. The van der Waals surface area contributed by atoms with E-state index in [-0.39, 0.29) is 17.9 Å². The number of H-pyrrole nitrogens is 1. The van der Waals surface area contributed by atoms with Crippen molar-refractivity contribution in [3.8, 4) is 0 Å². The van der Waals surface area contributed by atoms with Crippen molar-refractivity contribution in [2.45, 2.75) is 31.5 Å². The molecule has 0 saturated carbocycles. The van der Waals surface area contributed by atoms with Gasteiger partial charge in [0.25, 0.3) is 17.7 Å². The summed E-state index contributed by atoms with van der Waals surface area (Å²) < 4.78 is 29.3. The number of hydrogen-bond donors (Lipinski definition) is 2. The standard InChI is InChI=1S/C19H19F2N7O2/c20-19(21)8-14(28(12-19)18(30)15-6-7-23-24-15)10-27-11-16(25-26-27)17(29)22-9-13-4-2-1-3-5-13/h1-7,11,14H,8-10,12H2,(H,22,29)(H,23,24)/t14-/m0/s1. The molecular formula is C19H19F2N7O2. The maximum absolute atomic E-state index is 14.0. The predicted molar refractivity (Wildman–Crippen MR) is 101 cm³/mol. The summed E-state index contributed by atoms with van der Waals surface area (Å²) in [7, 11) is 0. The molecule has 11 heteroatoms. The molecule has 1 aromatic carbocycles. The Balaban J connectivity index is 1.41. The van der Waals surface area contributed by atoms with Gasteiger partial charge in [-0.3, -0.25) is 14.7 Å². The number of amides is 2. The van der Waals surface area contributed by atoms with E-state index in [9.17, 15) is 18.4 Å². The van der Waals surface area contributed by atoms with Crippen LogP contribution < -0.4 is 5.32 Å². The number of aromatic nitrogens is 5. The van der Waals surface area contributed by atoms with Gasteiger partial charge in [-0.05, 0) is 11.6 Å². The van der Waals surface area contributed by atoms with Crippen LogP contribution in [-0.2, 0) is 13.1 Å². The molecule has 1 fully saturated rings. The fourth-order valence-electron chi connectivity index (χ4n) is 3.40. The van der Waals surface area contributed by atoms with Crippen molar-refractivity contribution >= 4 is 11.8 Å². The molecule has 1 saturated heterocycles. The van der Waals surface area contributed by atoms with Crippen LogP contribution in [0.15, 0.2) is 48.8 Å². The fourth-order valence-corrected chi connectivity index (χ4v) is 3.40. The maximum Gasteiger partial charge on any atom is 0.273 e. The molecule has 3 aromatic rings. The van der Waals surface area contributed by atoms with E-state index in [1.807, 2.05) is 30.3 Å². The molecule has 1 aliphatic rings. The van der Waals surface area contributed by atoms with E-state index >= 15 is 0 Å². The van der Waals surface area contributed by atoms with Gasteiger partial charge in [-0.25, -0.2) is 13.5 Å². The molecule has 0 bridgehead atoms. The third-order valence-electron chi connectivity index (χ3n) is 4.83. The predicted octanol–water partition coefficient (Wildman–Crippen LogP) is 1.48. The molecule has 4 rings (SSSR count). The van der Waals surface area contributed by atoms with E-state index in [4.69, 9.17) is 0 Å². The van der Waals surface area contributed by atoms with E-state index in [0.29, 0.717) is 6.54 Å². The first-order chi connectivity index (χ1) is 14.4. The first-order valence-corrected chi connectivity index (χ1v) is 9.32. The van der Waals surface area contributed by atoms with Crippen LogP contribution in [-0.4, -0.2) is 60.4 Å². The molecule has 1 atom stereocenters. The van der Waals surface area contributed by atoms with Crippen LogP contribution in [0.2, 0.25) is 0 Å². The molecule has 1 aliphatic heterocycles. The van der Waals surface area contributed by atoms with Gasteiger partial charge in [0.15, 0.2) is 5.69 Å². The van der Waals surface area contributed by atoms with Crippen LogP contribution in [0.1, 0.15) is 33.0 Å². The second kappa shape index (κ2) is 8.01. The zero-order valence-electron chi connectivity index (χ0n) is 15.8. The largest absolute Gasteiger partial charge is 0.347 e. The lowest BCUT2D eigenvalue weighted by Gasteiger charge is -2.22. The Kier molecular flexibility index (Phi) is 5.25. The molecule has 0 aliphatic carbocycles. The Morgan fingerprint density at radius 3 is 2.77 bits per heavy atom. The van der Waals surface area contributed by atoms with Gasteiger partial charge < -0.3 is 10.2 Å². The summed E-state index contributed by atoms with van der Waals surface area (Å²) in [6.07, 6.45) is 2.27. The maximum atomic E-state index is 14.0. The number of benzene rings is 1. The molecule has 3 heterocycles. The highest BCUT2D eigenvalue weighted by Gasteiger charge is 2.47. The number of carbonyl (C=O) groups is 2. The molecule has 30 heavy (non-hydrogen) atoms. The molecule has 156 valence electrons. The number of nitrogens with zero attached hydrogens (tertiary/aromatic N) is 5. The lowest BCUT2D eigenvalue weighted by atomic mass is 10.2. The average molecular weight is 415 g/mol. The minimum atomic E-state index is -3.00. The number of halogens is 2. The fraction of sp³-hybridized carbons (Fsp3) is 0.316. The van der Waals surface area contributed by atoms with Crippen molar-refractivity contribution in [2.75, 3.05) is 6.54 Å². The van der Waals surface area contributed by atoms with E-state index in [0.717, 1.165) is 10.5 Å². The van der Waals surface area contributed by atoms with E-state index in [2.05, 4.69) is 25.8 Å². The number of carbonyl (C=O) groups excluding carboxylic acids is 2. The minimum Gasteiger partial charge on any atom is -0.347 e. The van der Waals surface area contributed by atoms with Gasteiger partial charge in [-0.15, -0.1) is 5.10 Å². The van der Waals surface area contributed by atoms with E-state index in [1.54, 1.807) is 0 Å². The second-order valence-corrected chi connectivity index (χ2v) is 7.11. The third-order valence-corrected chi connectivity index (χ3v) is 4.83. The summed E-state index contributed by atoms with van der Waals surface area (Å²) in [6.45, 7) is -0.364. The topological polar surface area (TPSA) is 109 Å². The normalized spacial score (nSPS) is 17.8. The summed E-state index contributed by atoms with van der Waals surface area (Å²) in [4.78, 5) is 25.9. The Morgan fingerprint density at radius 2 is 2.03 bits per heavy atom. The van der Waals surface area contributed by atoms with Crippen LogP contribution in [0.4, 0.5) is 8.78 Å². The highest BCUT2D eigenvalue weighted by molar-refractivity contribution is 5.93. The first kappa shape index (κ1) is 19.7. The number of rotatable bonds is 6. The van der Waals surface area contributed by atoms with Gasteiger partial charge in [0.05, 0.1) is 25.3 Å². The quantitative estimate of drug-likeness (QED) is 0.634. The molecule has 9 nitrogen and oxygen atoms in total. The van der Waals surface area contributed by atoms with Crippen molar-refractivity contribution in [2.24, 2.45) is 0 Å². The molecule has 2 N–H and O–H groups in total. The van der Waals surface area contributed by atoms with Crippen LogP contribution in [0.25, 0.3) is 0 Å². The Bertz CT molecular complexity index is 1020. The van der Waals surface area contributed by atoms with Gasteiger partial charge in [-0.1, -0.05) is 35.5 Å². The summed E-state index contributed by atoms with van der Waals surface area (Å²) in [5.74, 6) is -3.99. The lowest BCUT2D eigenvalue weighted by Crippen LogP contribution is -2.39. The molecule has 0 spiro atoms. The van der Waals surface area contributed by atoms with Crippen LogP contribution >= 0.6 is 0 Å². The Morgan fingerprint density at radius 1 is 1.23 bits per heavy atom. The SMILES string of the molecule is O=C(NCc1ccccc1)c1cn(C[C@@H]2CC(F)(F)CN2C(=O)c2ccn[nH]2)nn1. The van der Waals surface area contributed by atoms with Gasteiger partial charge in [-0.2, -0.15) is 5.10 Å². The second-order valence-electron chi connectivity index (χ2n) is 7.11. The monoisotopic (exact) mass is 415 g/mol. The third kappa shape index (κ3) is 4.34. The van der Waals surface area contributed by atoms with Gasteiger partial charge >= 0.3 is 0 Å². The van der Waals surface area contributed by atoms with Crippen LogP contribution in [0.5, 0.6) is 0 Å². The first-order valence-electron chi connectivity index (χ1n) is 9.32. The zero-order chi connectivity index (χ0) is 21.1. The molecule has 2 amide bonds. The number of likely N-dealkylation sites (tertiary alicyclic amines) is 1. The van der Waals surface area contributed by atoms with Crippen LogP contribution in [0.3, 0.4) is 0 Å². The van der Waals surface area contributed by atoms with Gasteiger partial charge in [0, 0.05) is 19.2 Å². The Labute approximate surface area is 170 Å². The van der Waals surface area contributed by atoms with Crippen molar-refractivity contribution in [1.29, 1.82) is 0 Å². The van der Waals surface area contributed by atoms with Crippen molar-refractivity contribution in [3.05, 3.63) is 65.7 Å². The lowest BCUT2D eigenvalue weighted by molar-refractivity contribution is 0.0116. The molecule has 2 aromatic heterocycles. The average Bonchev–Trinajstić information content (AvgIpc) is 3.47.